The van der Waals surface area contributed by atoms with Crippen LogP contribution in [0.3, 0.4) is 0 Å². The molecule has 0 aliphatic heterocycles. The Balaban J connectivity index is 0.000000409. The summed E-state index contributed by atoms with van der Waals surface area (Å²) >= 11 is 0. The lowest BCUT2D eigenvalue weighted by Gasteiger charge is -2.18. The number of hydrogen-bond donors (Lipinski definition) is 5. The van der Waals surface area contributed by atoms with Gasteiger partial charge in [0.1, 0.15) is 5.75 Å². The molecule has 0 radical (unpaired) electrons. The number of hydrogen-bond acceptors (Lipinski definition) is 4. The monoisotopic (exact) mass is 309 g/mol. The molecule has 0 spiro atoms. The van der Waals surface area contributed by atoms with Crippen molar-refractivity contribution in [2.45, 2.75) is 0 Å². The van der Waals surface area contributed by atoms with E-state index in [1.54, 1.807) is 36.2 Å². The molecule has 0 heterocycles. The summed E-state index contributed by atoms with van der Waals surface area (Å²) in [5.41, 5.74) is 11.2. The first-order valence-electron chi connectivity index (χ1n) is 6.71. The Morgan fingerprint density at radius 1 is 0.955 bits per heavy atom. The number of phenols is 1. The van der Waals surface area contributed by atoms with E-state index in [0.29, 0.717) is 0 Å². The average Bonchev–Trinajstić information content (AvgIpc) is 2.45. The van der Waals surface area contributed by atoms with Crippen molar-refractivity contribution in [2.24, 2.45) is 11.5 Å². The zero-order valence-electron chi connectivity index (χ0n) is 13.7. The number of guanidine groups is 2. The Morgan fingerprint density at radius 3 is 1.82 bits per heavy atom. The van der Waals surface area contributed by atoms with Crippen LogP contribution < -0.4 is 16.4 Å². The number of anilines is 1. The topological polar surface area (TPSA) is 130 Å². The molecule has 7 N–H and O–H groups in total. The van der Waals surface area contributed by atoms with Gasteiger partial charge in [-0.25, -0.2) is 0 Å². The molecule has 0 bridgehead atoms. The lowest BCUT2D eigenvalue weighted by atomic mass is 10.3. The summed E-state index contributed by atoms with van der Waals surface area (Å²) in [6, 6.07) is 6.48. The van der Waals surface area contributed by atoms with Gasteiger partial charge >= 0.3 is 0 Å². The van der Waals surface area contributed by atoms with Crippen LogP contribution in [0, 0.1) is 10.8 Å². The van der Waals surface area contributed by atoms with Crippen molar-refractivity contribution >= 4 is 17.6 Å². The molecular weight excluding hydrogens is 282 g/mol. The molecule has 0 aliphatic carbocycles. The minimum Gasteiger partial charge on any atom is -0.508 e. The summed E-state index contributed by atoms with van der Waals surface area (Å²) in [7, 11) is 7.49. The molecule has 0 fully saturated rings. The van der Waals surface area contributed by atoms with Crippen LogP contribution in [-0.2, 0) is 0 Å². The smallest absolute Gasteiger partial charge is 0.192 e. The summed E-state index contributed by atoms with van der Waals surface area (Å²) in [6.45, 7) is 1.73. The van der Waals surface area contributed by atoms with Crippen molar-refractivity contribution in [1.29, 1.82) is 10.8 Å². The molecule has 0 aromatic heterocycles. The summed E-state index contributed by atoms with van der Waals surface area (Å²) in [6.07, 6.45) is 0. The fourth-order valence-electron chi connectivity index (χ4n) is 1.29. The molecule has 0 unspecified atom stereocenters. The van der Waals surface area contributed by atoms with Gasteiger partial charge in [-0.1, -0.05) is 0 Å². The van der Waals surface area contributed by atoms with Gasteiger partial charge in [0.25, 0.3) is 0 Å². The fourth-order valence-corrected chi connectivity index (χ4v) is 1.29. The summed E-state index contributed by atoms with van der Waals surface area (Å²) in [5, 5.41) is 23.1. The van der Waals surface area contributed by atoms with Crippen LogP contribution in [0.2, 0.25) is 0 Å². The molecule has 8 heteroatoms. The number of aromatic hydroxyl groups is 1. The number of likely N-dealkylation sites (N-methyl/N-ethyl adjacent to an activating group) is 2. The van der Waals surface area contributed by atoms with E-state index >= 15 is 0 Å². The summed E-state index contributed by atoms with van der Waals surface area (Å²) in [5.74, 6) is 0.304. The van der Waals surface area contributed by atoms with E-state index < -0.39 is 0 Å². The van der Waals surface area contributed by atoms with Crippen molar-refractivity contribution in [1.82, 2.24) is 9.80 Å². The minimum atomic E-state index is -0.0271. The van der Waals surface area contributed by atoms with Gasteiger partial charge in [0.15, 0.2) is 11.9 Å². The number of phenolic OH excluding ortho intramolecular Hbond substituents is 1. The number of nitrogens with two attached hydrogens (primary N) is 2. The standard InChI is InChI=1S/C8H11N3O.C6H16N4/c1-11(8(9)10)6-2-4-7(12)5-3-6;1-9(2)4-5-10(3)6(7)8/h2-5,12H,1H3,(H3,9,10);4-5H2,1-3H3,(H3,7,8). The number of benzene rings is 1. The van der Waals surface area contributed by atoms with Crippen LogP contribution in [-0.4, -0.2) is 68.1 Å². The average molecular weight is 309 g/mol. The predicted molar refractivity (Wildman–Crippen MR) is 91.5 cm³/mol. The molecular formula is C14H27N7O. The maximum Gasteiger partial charge on any atom is 0.192 e. The Labute approximate surface area is 131 Å². The third kappa shape index (κ3) is 7.95. The Hall–Kier alpha value is -2.48. The highest BCUT2D eigenvalue weighted by Gasteiger charge is 2.01. The number of nitrogens with one attached hydrogen (secondary N) is 2. The molecule has 1 rings (SSSR count). The highest BCUT2D eigenvalue weighted by atomic mass is 16.3. The first-order valence-corrected chi connectivity index (χ1v) is 6.71. The maximum absolute atomic E-state index is 8.97. The number of nitrogens with zero attached hydrogens (tertiary/aromatic N) is 3. The molecule has 124 valence electrons. The van der Waals surface area contributed by atoms with Crippen LogP contribution in [0.25, 0.3) is 0 Å². The van der Waals surface area contributed by atoms with E-state index in [-0.39, 0.29) is 17.7 Å². The highest BCUT2D eigenvalue weighted by Crippen LogP contribution is 2.16. The SMILES string of the molecule is CN(C(=N)N)c1ccc(O)cc1.CN(C)CCN(C)C(=N)N. The van der Waals surface area contributed by atoms with Crippen LogP contribution in [0.15, 0.2) is 24.3 Å². The van der Waals surface area contributed by atoms with E-state index in [0.717, 1.165) is 18.8 Å². The Bertz CT molecular complexity index is 473. The molecule has 0 saturated heterocycles. The van der Waals surface area contributed by atoms with Gasteiger partial charge in [0.2, 0.25) is 0 Å². The van der Waals surface area contributed by atoms with E-state index in [4.69, 9.17) is 27.4 Å². The zero-order valence-corrected chi connectivity index (χ0v) is 13.7. The largest absolute Gasteiger partial charge is 0.508 e. The van der Waals surface area contributed by atoms with Crippen LogP contribution in [0.1, 0.15) is 0 Å². The highest BCUT2D eigenvalue weighted by molar-refractivity contribution is 5.91. The van der Waals surface area contributed by atoms with Crippen molar-refractivity contribution < 1.29 is 5.11 Å². The maximum atomic E-state index is 8.97. The van der Waals surface area contributed by atoms with Crippen molar-refractivity contribution in [3.05, 3.63) is 24.3 Å². The van der Waals surface area contributed by atoms with Gasteiger partial charge in [-0.3, -0.25) is 10.8 Å². The predicted octanol–water partition coefficient (Wildman–Crippen LogP) is 0.0951. The second-order valence-electron chi connectivity index (χ2n) is 5.07. The van der Waals surface area contributed by atoms with Gasteiger partial charge in [-0.2, -0.15) is 0 Å². The number of rotatable bonds is 4. The first kappa shape index (κ1) is 19.5. The molecule has 0 saturated carbocycles. The van der Waals surface area contributed by atoms with Gasteiger partial charge in [0.05, 0.1) is 0 Å². The van der Waals surface area contributed by atoms with Gasteiger partial charge < -0.3 is 31.3 Å². The van der Waals surface area contributed by atoms with Crippen LogP contribution in [0.4, 0.5) is 5.69 Å². The van der Waals surface area contributed by atoms with Gasteiger partial charge in [-0.15, -0.1) is 0 Å². The fraction of sp³-hybridized carbons (Fsp3) is 0.429. The third-order valence-electron chi connectivity index (χ3n) is 2.89. The van der Waals surface area contributed by atoms with Crippen molar-refractivity contribution in [2.75, 3.05) is 46.2 Å². The Morgan fingerprint density at radius 2 is 1.45 bits per heavy atom. The summed E-state index contributed by atoms with van der Waals surface area (Å²) < 4.78 is 0. The van der Waals surface area contributed by atoms with Gasteiger partial charge in [-0.05, 0) is 38.4 Å². The van der Waals surface area contributed by atoms with Crippen molar-refractivity contribution in [3.63, 3.8) is 0 Å². The Kier molecular flexibility index (Phi) is 8.39. The minimum absolute atomic E-state index is 0.0271. The van der Waals surface area contributed by atoms with Gasteiger partial charge in [0, 0.05) is 32.9 Å². The first-order chi connectivity index (χ1) is 10.1. The normalized spacial score (nSPS) is 9.68. The second kappa shape index (κ2) is 9.46. The molecule has 22 heavy (non-hydrogen) atoms. The van der Waals surface area contributed by atoms with E-state index in [9.17, 15) is 0 Å². The molecule has 1 aromatic carbocycles. The molecule has 8 nitrogen and oxygen atoms in total. The van der Waals surface area contributed by atoms with Crippen LogP contribution >= 0.6 is 0 Å². The van der Waals surface area contributed by atoms with Crippen molar-refractivity contribution in [3.8, 4) is 5.75 Å². The lowest BCUT2D eigenvalue weighted by Crippen LogP contribution is -2.37. The molecule has 1 aromatic rings. The van der Waals surface area contributed by atoms with E-state index in [1.807, 2.05) is 21.1 Å². The van der Waals surface area contributed by atoms with Crippen LogP contribution in [0.5, 0.6) is 5.75 Å². The molecule has 0 amide bonds. The second-order valence-corrected chi connectivity index (χ2v) is 5.07. The van der Waals surface area contributed by atoms with E-state index in [1.165, 1.54) is 4.90 Å². The molecule has 0 aliphatic rings. The third-order valence-corrected chi connectivity index (χ3v) is 2.89. The lowest BCUT2D eigenvalue weighted by molar-refractivity contribution is 0.354. The molecule has 0 atom stereocenters. The zero-order chi connectivity index (χ0) is 17.3. The summed E-state index contributed by atoms with van der Waals surface area (Å²) in [4.78, 5) is 5.28. The quantitative estimate of drug-likeness (QED) is 0.396. The van der Waals surface area contributed by atoms with E-state index in [2.05, 4.69) is 4.90 Å².